The van der Waals surface area contributed by atoms with Crippen molar-refractivity contribution in [3.8, 4) is 0 Å². The molecule has 0 bridgehead atoms. The topological polar surface area (TPSA) is 97.0 Å². The van der Waals surface area contributed by atoms with Crippen LogP contribution in [0.3, 0.4) is 0 Å². The minimum absolute atomic E-state index is 0.225. The largest absolute Gasteiger partial charge is 0.464 e. The van der Waals surface area contributed by atoms with Gasteiger partial charge < -0.3 is 20.1 Å². The Balaban J connectivity index is 1.97. The van der Waals surface area contributed by atoms with Gasteiger partial charge in [0, 0.05) is 13.0 Å². The Kier molecular flexibility index (Phi) is 6.94. The standard InChI is InChI=1S/C18H24N2O5/c1-3-10-19-16(21)13(11-12-8-6-5-7-9-12)20-17(22)14-15(25-14)18(23)24-4-2/h5-9,13-15H,3-4,10-11H2,1-2H3,(H,19,21)(H,20,22)/t13-,14?,15?/m0/s1. The molecule has 2 amide bonds. The Hall–Kier alpha value is -2.41. The predicted molar refractivity (Wildman–Crippen MR) is 90.7 cm³/mol. The number of carbonyl (C=O) groups excluding carboxylic acids is 3. The lowest BCUT2D eigenvalue weighted by Gasteiger charge is -2.18. The molecule has 3 atom stereocenters. The van der Waals surface area contributed by atoms with Gasteiger partial charge in [-0.05, 0) is 18.9 Å². The molecule has 1 aromatic carbocycles. The fourth-order valence-corrected chi connectivity index (χ4v) is 2.40. The van der Waals surface area contributed by atoms with E-state index >= 15 is 0 Å². The molecule has 1 aliphatic heterocycles. The number of nitrogens with one attached hydrogen (secondary N) is 2. The van der Waals surface area contributed by atoms with Gasteiger partial charge in [-0.1, -0.05) is 37.3 Å². The number of hydrogen-bond donors (Lipinski definition) is 2. The number of rotatable bonds is 9. The molecule has 2 unspecified atom stereocenters. The number of amides is 2. The molecular weight excluding hydrogens is 324 g/mol. The summed E-state index contributed by atoms with van der Waals surface area (Å²) in [6, 6.07) is 8.69. The summed E-state index contributed by atoms with van der Waals surface area (Å²) in [6.45, 7) is 4.39. The Bertz CT molecular complexity index is 605. The van der Waals surface area contributed by atoms with Gasteiger partial charge in [0.05, 0.1) is 6.61 Å². The second-order valence-corrected chi connectivity index (χ2v) is 5.77. The summed E-state index contributed by atoms with van der Waals surface area (Å²) >= 11 is 0. The zero-order valence-electron chi connectivity index (χ0n) is 14.5. The van der Waals surface area contributed by atoms with E-state index in [0.717, 1.165) is 12.0 Å². The Morgan fingerprint density at radius 2 is 1.88 bits per heavy atom. The van der Waals surface area contributed by atoms with E-state index in [9.17, 15) is 14.4 Å². The minimum Gasteiger partial charge on any atom is -0.464 e. The van der Waals surface area contributed by atoms with Crippen LogP contribution in [-0.4, -0.2) is 49.2 Å². The lowest BCUT2D eigenvalue weighted by molar-refractivity contribution is -0.144. The van der Waals surface area contributed by atoms with Gasteiger partial charge in [0.2, 0.25) is 5.91 Å². The van der Waals surface area contributed by atoms with Crippen molar-refractivity contribution < 1.29 is 23.9 Å². The molecule has 0 saturated carbocycles. The molecule has 1 saturated heterocycles. The first-order valence-corrected chi connectivity index (χ1v) is 8.50. The van der Waals surface area contributed by atoms with Gasteiger partial charge in [-0.25, -0.2) is 4.79 Å². The summed E-state index contributed by atoms with van der Waals surface area (Å²) in [5.74, 6) is -1.30. The number of esters is 1. The number of hydrogen-bond acceptors (Lipinski definition) is 5. The molecular formula is C18H24N2O5. The summed E-state index contributed by atoms with van der Waals surface area (Å²) in [7, 11) is 0. The normalized spacial score (nSPS) is 19.6. The third kappa shape index (κ3) is 5.56. The molecule has 7 nitrogen and oxygen atoms in total. The lowest BCUT2D eigenvalue weighted by Crippen LogP contribution is -2.49. The maximum absolute atomic E-state index is 12.3. The van der Waals surface area contributed by atoms with E-state index < -0.39 is 30.1 Å². The Labute approximate surface area is 147 Å². The van der Waals surface area contributed by atoms with E-state index in [4.69, 9.17) is 9.47 Å². The van der Waals surface area contributed by atoms with Crippen molar-refractivity contribution in [3.63, 3.8) is 0 Å². The molecule has 1 heterocycles. The van der Waals surface area contributed by atoms with Gasteiger partial charge >= 0.3 is 5.97 Å². The summed E-state index contributed by atoms with van der Waals surface area (Å²) in [6.07, 6.45) is -0.611. The van der Waals surface area contributed by atoms with Crippen LogP contribution in [0.5, 0.6) is 0 Å². The Morgan fingerprint density at radius 1 is 1.16 bits per heavy atom. The zero-order chi connectivity index (χ0) is 18.2. The van der Waals surface area contributed by atoms with Crippen molar-refractivity contribution in [2.75, 3.05) is 13.2 Å². The van der Waals surface area contributed by atoms with E-state index in [0.29, 0.717) is 13.0 Å². The van der Waals surface area contributed by atoms with Crippen molar-refractivity contribution in [2.45, 2.75) is 44.9 Å². The average molecular weight is 348 g/mol. The smallest absolute Gasteiger partial charge is 0.338 e. The molecule has 2 rings (SSSR count). The molecule has 136 valence electrons. The van der Waals surface area contributed by atoms with Gasteiger partial charge in [0.1, 0.15) is 6.04 Å². The number of ether oxygens (including phenoxy) is 2. The summed E-state index contributed by atoms with van der Waals surface area (Å²) in [5, 5.41) is 5.46. The maximum atomic E-state index is 12.3. The van der Waals surface area contributed by atoms with Crippen molar-refractivity contribution in [2.24, 2.45) is 0 Å². The Morgan fingerprint density at radius 3 is 2.52 bits per heavy atom. The quantitative estimate of drug-likeness (QED) is 0.502. The molecule has 0 aromatic heterocycles. The highest BCUT2D eigenvalue weighted by Crippen LogP contribution is 2.23. The van der Waals surface area contributed by atoms with Crippen LogP contribution >= 0.6 is 0 Å². The molecule has 2 N–H and O–H groups in total. The van der Waals surface area contributed by atoms with Crippen LogP contribution in [0.4, 0.5) is 0 Å². The highest BCUT2D eigenvalue weighted by molar-refractivity contribution is 5.95. The summed E-state index contributed by atoms with van der Waals surface area (Å²) in [4.78, 5) is 36.2. The minimum atomic E-state index is -0.892. The van der Waals surface area contributed by atoms with E-state index in [1.54, 1.807) is 6.92 Å². The van der Waals surface area contributed by atoms with Crippen LogP contribution in [0.2, 0.25) is 0 Å². The van der Waals surface area contributed by atoms with Crippen molar-refractivity contribution >= 4 is 17.8 Å². The lowest BCUT2D eigenvalue weighted by atomic mass is 10.0. The van der Waals surface area contributed by atoms with Crippen LogP contribution in [0.25, 0.3) is 0 Å². The van der Waals surface area contributed by atoms with Crippen LogP contribution in [0.15, 0.2) is 30.3 Å². The SMILES string of the molecule is CCCNC(=O)[C@H](Cc1ccccc1)NC(=O)C1OC1C(=O)OCC. The predicted octanol–water partition coefficient (Wildman–Crippen LogP) is 0.571. The first-order valence-electron chi connectivity index (χ1n) is 8.50. The monoisotopic (exact) mass is 348 g/mol. The van der Waals surface area contributed by atoms with E-state index in [-0.39, 0.29) is 12.5 Å². The summed E-state index contributed by atoms with van der Waals surface area (Å²) < 4.78 is 9.91. The first kappa shape index (κ1) is 18.9. The second-order valence-electron chi connectivity index (χ2n) is 5.77. The third-order valence-electron chi connectivity index (χ3n) is 3.73. The zero-order valence-corrected chi connectivity index (χ0v) is 14.5. The molecule has 0 spiro atoms. The fourth-order valence-electron chi connectivity index (χ4n) is 2.40. The fraction of sp³-hybridized carbons (Fsp3) is 0.500. The van der Waals surface area contributed by atoms with Gasteiger partial charge in [-0.3, -0.25) is 9.59 Å². The van der Waals surface area contributed by atoms with Crippen LogP contribution in [0.1, 0.15) is 25.8 Å². The van der Waals surface area contributed by atoms with E-state index in [1.807, 2.05) is 37.3 Å². The molecule has 25 heavy (non-hydrogen) atoms. The molecule has 7 heteroatoms. The van der Waals surface area contributed by atoms with Gasteiger partial charge in [-0.15, -0.1) is 0 Å². The van der Waals surface area contributed by atoms with Gasteiger partial charge in [0.15, 0.2) is 12.2 Å². The number of epoxide rings is 1. The molecule has 1 fully saturated rings. The average Bonchev–Trinajstić information content (AvgIpc) is 3.41. The van der Waals surface area contributed by atoms with Gasteiger partial charge in [-0.2, -0.15) is 0 Å². The third-order valence-corrected chi connectivity index (χ3v) is 3.73. The number of benzene rings is 1. The van der Waals surface area contributed by atoms with Crippen molar-refractivity contribution in [3.05, 3.63) is 35.9 Å². The number of carbonyl (C=O) groups is 3. The highest BCUT2D eigenvalue weighted by atomic mass is 16.6. The van der Waals surface area contributed by atoms with Gasteiger partial charge in [0.25, 0.3) is 5.91 Å². The van der Waals surface area contributed by atoms with Crippen molar-refractivity contribution in [1.29, 1.82) is 0 Å². The van der Waals surface area contributed by atoms with E-state index in [2.05, 4.69) is 10.6 Å². The summed E-state index contributed by atoms with van der Waals surface area (Å²) in [5.41, 5.74) is 0.929. The second kappa shape index (κ2) is 9.17. The molecule has 0 aliphatic carbocycles. The molecule has 1 aromatic rings. The van der Waals surface area contributed by atoms with Crippen LogP contribution < -0.4 is 10.6 Å². The van der Waals surface area contributed by atoms with Crippen LogP contribution in [-0.2, 0) is 30.3 Å². The van der Waals surface area contributed by atoms with Crippen LogP contribution in [0, 0.1) is 0 Å². The highest BCUT2D eigenvalue weighted by Gasteiger charge is 2.52. The molecule has 1 aliphatic rings. The maximum Gasteiger partial charge on any atom is 0.338 e. The first-order chi connectivity index (χ1) is 12.1. The molecule has 0 radical (unpaired) electrons. The van der Waals surface area contributed by atoms with E-state index in [1.165, 1.54) is 0 Å². The van der Waals surface area contributed by atoms with Crippen molar-refractivity contribution in [1.82, 2.24) is 10.6 Å².